The van der Waals surface area contributed by atoms with Crippen LogP contribution in [-0.2, 0) is 18.3 Å². The molecule has 0 bridgehead atoms. The maximum atomic E-state index is 12.7. The van der Waals surface area contributed by atoms with Crippen LogP contribution in [0.5, 0.6) is 5.75 Å². The highest BCUT2D eigenvalue weighted by Crippen LogP contribution is 2.39. The quantitative estimate of drug-likeness (QED) is 0.643. The van der Waals surface area contributed by atoms with Crippen molar-refractivity contribution in [1.82, 2.24) is 4.98 Å². The van der Waals surface area contributed by atoms with Gasteiger partial charge in [0.05, 0.1) is 12.8 Å². The second-order valence-electron chi connectivity index (χ2n) is 8.10. The normalized spacial score (nSPS) is 12.9. The van der Waals surface area contributed by atoms with Crippen LogP contribution in [0.25, 0.3) is 11.3 Å². The number of fused-ring (bicyclic) bond motifs is 3. The van der Waals surface area contributed by atoms with Gasteiger partial charge in [-0.1, -0.05) is 39.0 Å². The molecule has 144 valence electrons. The highest BCUT2D eigenvalue weighted by molar-refractivity contribution is 7.16. The number of nitrogens with one attached hydrogen (secondary N) is 1. The number of ether oxygens (including phenoxy) is 1. The summed E-state index contributed by atoms with van der Waals surface area (Å²) in [7, 11) is 1.67. The third-order valence-corrected chi connectivity index (χ3v) is 6.16. The summed E-state index contributed by atoms with van der Waals surface area (Å²) in [6.45, 7) is 6.49. The average Bonchev–Trinajstić information content (AvgIpc) is 3.10. The zero-order valence-corrected chi connectivity index (χ0v) is 17.4. The van der Waals surface area contributed by atoms with Gasteiger partial charge < -0.3 is 4.74 Å². The van der Waals surface area contributed by atoms with Crippen molar-refractivity contribution < 1.29 is 9.53 Å². The van der Waals surface area contributed by atoms with E-state index in [1.807, 2.05) is 36.4 Å². The van der Waals surface area contributed by atoms with Crippen molar-refractivity contribution in [1.29, 1.82) is 0 Å². The lowest BCUT2D eigenvalue weighted by molar-refractivity contribution is 0.102. The number of benzene rings is 2. The first-order valence-electron chi connectivity index (χ1n) is 9.44. The lowest BCUT2D eigenvalue weighted by Crippen LogP contribution is -2.14. The number of amides is 1. The molecule has 4 rings (SSSR count). The van der Waals surface area contributed by atoms with Crippen LogP contribution in [0, 0.1) is 0 Å². The summed E-state index contributed by atoms with van der Waals surface area (Å²) in [6, 6.07) is 13.9. The average molecular weight is 393 g/mol. The van der Waals surface area contributed by atoms with Crippen molar-refractivity contribution in [3.8, 4) is 17.0 Å². The summed E-state index contributed by atoms with van der Waals surface area (Å²) >= 11 is 1.56. The van der Waals surface area contributed by atoms with Gasteiger partial charge in [-0.3, -0.25) is 10.1 Å². The first-order chi connectivity index (χ1) is 13.3. The van der Waals surface area contributed by atoms with Crippen LogP contribution in [0.3, 0.4) is 0 Å². The van der Waals surface area contributed by atoms with Gasteiger partial charge in [0.15, 0.2) is 5.13 Å². The summed E-state index contributed by atoms with van der Waals surface area (Å²) in [5, 5.41) is 3.61. The van der Waals surface area contributed by atoms with Crippen LogP contribution >= 0.6 is 11.3 Å². The maximum Gasteiger partial charge on any atom is 0.257 e. The largest absolute Gasteiger partial charge is 0.497 e. The number of carbonyl (C=O) groups excluding carboxylic acids is 1. The van der Waals surface area contributed by atoms with Crippen molar-refractivity contribution >= 4 is 22.4 Å². The molecule has 3 aromatic rings. The zero-order chi connectivity index (χ0) is 19.9. The molecule has 0 spiro atoms. The van der Waals surface area contributed by atoms with Gasteiger partial charge in [-0.25, -0.2) is 4.98 Å². The number of carbonyl (C=O) groups is 1. The minimum Gasteiger partial charge on any atom is -0.497 e. The van der Waals surface area contributed by atoms with Gasteiger partial charge >= 0.3 is 0 Å². The SMILES string of the molecule is COc1ccc2c(c1)-c1nc(NC(=O)c3ccc(C(C)(C)C)cc3)sc1CC2. The number of nitrogens with zero attached hydrogens (tertiary/aromatic N) is 1. The molecule has 4 nitrogen and oxygen atoms in total. The number of rotatable bonds is 3. The Balaban J connectivity index is 1.57. The highest BCUT2D eigenvalue weighted by atomic mass is 32.1. The molecule has 1 aliphatic rings. The molecule has 0 radical (unpaired) electrons. The molecule has 0 saturated heterocycles. The summed E-state index contributed by atoms with van der Waals surface area (Å²) < 4.78 is 5.36. The molecular weight excluding hydrogens is 368 g/mol. The molecule has 0 saturated carbocycles. The molecule has 0 aliphatic heterocycles. The van der Waals surface area contributed by atoms with E-state index in [0.717, 1.165) is 29.8 Å². The second kappa shape index (κ2) is 7.06. The van der Waals surface area contributed by atoms with Crippen LogP contribution in [0.4, 0.5) is 5.13 Å². The first-order valence-corrected chi connectivity index (χ1v) is 10.3. The van der Waals surface area contributed by atoms with E-state index in [0.29, 0.717) is 10.7 Å². The Morgan fingerprint density at radius 3 is 2.54 bits per heavy atom. The predicted molar refractivity (Wildman–Crippen MR) is 115 cm³/mol. The van der Waals surface area contributed by atoms with Crippen LogP contribution in [0.2, 0.25) is 0 Å². The molecule has 0 unspecified atom stereocenters. The number of hydrogen-bond donors (Lipinski definition) is 1. The molecule has 0 atom stereocenters. The van der Waals surface area contributed by atoms with Gasteiger partial charge in [0.2, 0.25) is 0 Å². The highest BCUT2D eigenvalue weighted by Gasteiger charge is 2.22. The number of anilines is 1. The number of hydrogen-bond acceptors (Lipinski definition) is 4. The summed E-state index contributed by atoms with van der Waals surface area (Å²) in [5.74, 6) is 0.696. The van der Waals surface area contributed by atoms with E-state index in [1.54, 1.807) is 18.4 Å². The second-order valence-corrected chi connectivity index (χ2v) is 9.18. The van der Waals surface area contributed by atoms with Gasteiger partial charge in [-0.2, -0.15) is 0 Å². The van der Waals surface area contributed by atoms with Crippen molar-refractivity contribution in [3.05, 3.63) is 64.0 Å². The monoisotopic (exact) mass is 392 g/mol. The van der Waals surface area contributed by atoms with E-state index in [-0.39, 0.29) is 11.3 Å². The molecule has 0 fully saturated rings. The Kier molecular flexibility index (Phi) is 4.71. The number of aromatic nitrogens is 1. The van der Waals surface area contributed by atoms with E-state index in [4.69, 9.17) is 9.72 Å². The first kappa shape index (κ1) is 18.7. The van der Waals surface area contributed by atoms with Gasteiger partial charge in [0.1, 0.15) is 5.75 Å². The molecule has 1 N–H and O–H groups in total. The molecule has 1 amide bonds. The van der Waals surface area contributed by atoms with Gasteiger partial charge in [0, 0.05) is 16.0 Å². The Morgan fingerprint density at radius 2 is 1.86 bits per heavy atom. The Labute approximate surface area is 169 Å². The lowest BCUT2D eigenvalue weighted by atomic mass is 9.87. The van der Waals surface area contributed by atoms with Crippen molar-refractivity contribution in [2.75, 3.05) is 12.4 Å². The van der Waals surface area contributed by atoms with Crippen molar-refractivity contribution in [3.63, 3.8) is 0 Å². The van der Waals surface area contributed by atoms with Crippen molar-refractivity contribution in [2.45, 2.75) is 39.0 Å². The lowest BCUT2D eigenvalue weighted by Gasteiger charge is -2.18. The minimum atomic E-state index is -0.127. The molecule has 1 heterocycles. The topological polar surface area (TPSA) is 51.2 Å². The molecule has 1 aliphatic carbocycles. The van der Waals surface area contributed by atoms with Crippen LogP contribution in [0.1, 0.15) is 47.1 Å². The van der Waals surface area contributed by atoms with E-state index >= 15 is 0 Å². The molecule has 1 aromatic heterocycles. The Morgan fingerprint density at radius 1 is 1.11 bits per heavy atom. The molecule has 5 heteroatoms. The number of methoxy groups -OCH3 is 1. The Hall–Kier alpha value is -2.66. The van der Waals surface area contributed by atoms with Crippen molar-refractivity contribution in [2.24, 2.45) is 0 Å². The van der Waals surface area contributed by atoms with E-state index in [1.165, 1.54) is 16.0 Å². The van der Waals surface area contributed by atoms with Crippen LogP contribution in [-0.4, -0.2) is 18.0 Å². The molecule has 28 heavy (non-hydrogen) atoms. The summed E-state index contributed by atoms with van der Waals surface area (Å²) in [4.78, 5) is 18.6. The van der Waals surface area contributed by atoms with E-state index in [9.17, 15) is 4.79 Å². The standard InChI is InChI=1S/C23H24N2O2S/c1-23(2,3)16-9-5-15(6-10-16)21(26)25-22-24-20-18-13-17(27-4)11-7-14(18)8-12-19(20)28-22/h5-7,9-11,13H,8,12H2,1-4H3,(H,24,25,26). The van der Waals surface area contributed by atoms with Crippen LogP contribution < -0.4 is 10.1 Å². The zero-order valence-electron chi connectivity index (χ0n) is 16.6. The van der Waals surface area contributed by atoms with Gasteiger partial charge in [-0.05, 0) is 53.6 Å². The number of aryl methyl sites for hydroxylation is 2. The van der Waals surface area contributed by atoms with E-state index < -0.39 is 0 Å². The van der Waals surface area contributed by atoms with Gasteiger partial charge in [-0.15, -0.1) is 11.3 Å². The minimum absolute atomic E-state index is 0.0673. The summed E-state index contributed by atoms with van der Waals surface area (Å²) in [5.41, 5.74) is 5.25. The molecular formula is C23H24N2O2S. The van der Waals surface area contributed by atoms with E-state index in [2.05, 4.69) is 32.2 Å². The smallest absolute Gasteiger partial charge is 0.257 e. The number of thiazole rings is 1. The molecule has 2 aromatic carbocycles. The summed E-state index contributed by atoms with van der Waals surface area (Å²) in [6.07, 6.45) is 1.93. The third-order valence-electron chi connectivity index (χ3n) is 5.12. The Bertz CT molecular complexity index is 1030. The fourth-order valence-corrected chi connectivity index (χ4v) is 4.42. The third kappa shape index (κ3) is 3.54. The fourth-order valence-electron chi connectivity index (χ4n) is 3.45. The maximum absolute atomic E-state index is 12.7. The van der Waals surface area contributed by atoms with Crippen LogP contribution in [0.15, 0.2) is 42.5 Å². The fraction of sp³-hybridized carbons (Fsp3) is 0.304. The predicted octanol–water partition coefficient (Wildman–Crippen LogP) is 5.47. The van der Waals surface area contributed by atoms with Gasteiger partial charge in [0.25, 0.3) is 5.91 Å².